The number of hydrogen-bond acceptors (Lipinski definition) is 2. The highest BCUT2D eigenvalue weighted by molar-refractivity contribution is 5.88. The largest absolute Gasteiger partial charge is 0.489 e. The molecule has 0 heterocycles. The number of anilines is 1. The lowest BCUT2D eigenvalue weighted by Crippen LogP contribution is -2.05. The van der Waals surface area contributed by atoms with Crippen LogP contribution < -0.4 is 10.1 Å². The molecule has 0 aliphatic heterocycles. The Morgan fingerprint density at radius 3 is 2.26 bits per heavy atom. The van der Waals surface area contributed by atoms with Gasteiger partial charge in [-0.05, 0) is 36.8 Å². The molecule has 0 radical (unpaired) electrons. The topological polar surface area (TPSA) is 38.3 Å². The average molecular weight is 255 g/mol. The van der Waals surface area contributed by atoms with E-state index in [4.69, 9.17) is 4.74 Å². The number of amides is 1. The molecule has 0 saturated carbocycles. The molecule has 0 aliphatic rings. The van der Waals surface area contributed by atoms with Crippen LogP contribution >= 0.6 is 0 Å². The molecule has 0 saturated heterocycles. The molecular weight excluding hydrogens is 238 g/mol. The van der Waals surface area contributed by atoms with Crippen molar-refractivity contribution >= 4 is 11.6 Å². The summed E-state index contributed by atoms with van der Waals surface area (Å²) >= 11 is 0. The van der Waals surface area contributed by atoms with Gasteiger partial charge in [0.2, 0.25) is 5.91 Å². The highest BCUT2D eigenvalue weighted by Crippen LogP contribution is 2.17. The molecule has 0 spiro atoms. The lowest BCUT2D eigenvalue weighted by atomic mass is 10.2. The predicted molar refractivity (Wildman–Crippen MR) is 76.3 cm³/mol. The van der Waals surface area contributed by atoms with Gasteiger partial charge in [0.05, 0.1) is 0 Å². The van der Waals surface area contributed by atoms with Gasteiger partial charge in [0.1, 0.15) is 12.4 Å². The van der Waals surface area contributed by atoms with E-state index in [1.54, 1.807) is 0 Å². The molecule has 3 heteroatoms. The molecule has 0 aliphatic carbocycles. The average Bonchev–Trinajstić information content (AvgIpc) is 2.39. The molecule has 0 fully saturated rings. The van der Waals surface area contributed by atoms with Crippen molar-refractivity contribution in [1.82, 2.24) is 0 Å². The van der Waals surface area contributed by atoms with E-state index in [0.717, 1.165) is 17.0 Å². The minimum Gasteiger partial charge on any atom is -0.489 e. The van der Waals surface area contributed by atoms with Gasteiger partial charge in [-0.2, -0.15) is 0 Å². The molecule has 0 aromatic heterocycles. The third-order valence-corrected chi connectivity index (χ3v) is 2.70. The number of carbonyl (C=O) groups is 1. The smallest absolute Gasteiger partial charge is 0.221 e. The Morgan fingerprint density at radius 1 is 1.05 bits per heavy atom. The Labute approximate surface area is 113 Å². The van der Waals surface area contributed by atoms with Crippen LogP contribution in [0.1, 0.15) is 18.1 Å². The lowest BCUT2D eigenvalue weighted by Gasteiger charge is -2.08. The Balaban J connectivity index is 1.92. The van der Waals surface area contributed by atoms with Gasteiger partial charge < -0.3 is 10.1 Å². The Bertz CT molecular complexity index is 544. The van der Waals surface area contributed by atoms with Crippen molar-refractivity contribution in [3.8, 4) is 5.75 Å². The fraction of sp³-hybridized carbons (Fsp3) is 0.188. The zero-order valence-electron chi connectivity index (χ0n) is 11.1. The summed E-state index contributed by atoms with van der Waals surface area (Å²) in [6, 6.07) is 15.6. The first kappa shape index (κ1) is 13.1. The van der Waals surface area contributed by atoms with Crippen LogP contribution in [0.3, 0.4) is 0 Å². The fourth-order valence-electron chi connectivity index (χ4n) is 1.69. The van der Waals surface area contributed by atoms with Crippen LogP contribution in [0.25, 0.3) is 0 Å². The van der Waals surface area contributed by atoms with Gasteiger partial charge >= 0.3 is 0 Å². The van der Waals surface area contributed by atoms with E-state index in [2.05, 4.69) is 36.5 Å². The highest BCUT2D eigenvalue weighted by Gasteiger charge is 1.98. The quantitative estimate of drug-likeness (QED) is 0.907. The van der Waals surface area contributed by atoms with Crippen molar-refractivity contribution < 1.29 is 9.53 Å². The Kier molecular flexibility index (Phi) is 4.18. The summed E-state index contributed by atoms with van der Waals surface area (Å²) in [5.74, 6) is 0.711. The second-order valence-corrected chi connectivity index (χ2v) is 4.48. The third-order valence-electron chi connectivity index (χ3n) is 2.70. The molecule has 0 atom stereocenters. The van der Waals surface area contributed by atoms with Crippen LogP contribution in [-0.2, 0) is 11.4 Å². The fourth-order valence-corrected chi connectivity index (χ4v) is 1.69. The molecule has 1 N–H and O–H groups in total. The van der Waals surface area contributed by atoms with Crippen LogP contribution in [0.5, 0.6) is 5.75 Å². The second kappa shape index (κ2) is 6.05. The standard InChI is InChI=1S/C16H17NO2/c1-12-3-5-14(6-4-12)11-19-16-9-7-15(8-10-16)17-13(2)18/h3-10H,11H2,1-2H3,(H,17,18). The van der Waals surface area contributed by atoms with E-state index in [1.807, 2.05) is 24.3 Å². The van der Waals surface area contributed by atoms with Crippen molar-refractivity contribution in [3.05, 3.63) is 59.7 Å². The zero-order valence-corrected chi connectivity index (χ0v) is 11.1. The van der Waals surface area contributed by atoms with E-state index in [1.165, 1.54) is 12.5 Å². The summed E-state index contributed by atoms with van der Waals surface area (Å²) in [5, 5.41) is 2.72. The van der Waals surface area contributed by atoms with Crippen LogP contribution in [0.4, 0.5) is 5.69 Å². The maximum Gasteiger partial charge on any atom is 0.221 e. The maximum atomic E-state index is 10.9. The first-order valence-electron chi connectivity index (χ1n) is 6.19. The summed E-state index contributed by atoms with van der Waals surface area (Å²) in [4.78, 5) is 10.9. The van der Waals surface area contributed by atoms with E-state index in [9.17, 15) is 4.79 Å². The summed E-state index contributed by atoms with van der Waals surface area (Å²) in [6.07, 6.45) is 0. The summed E-state index contributed by atoms with van der Waals surface area (Å²) in [5.41, 5.74) is 3.15. The SMILES string of the molecule is CC(=O)Nc1ccc(OCc2ccc(C)cc2)cc1. The normalized spacial score (nSPS) is 10.0. The molecule has 0 bridgehead atoms. The molecule has 2 aromatic rings. The van der Waals surface area contributed by atoms with Gasteiger partial charge in [-0.25, -0.2) is 0 Å². The van der Waals surface area contributed by atoms with Crippen LogP contribution in [0.15, 0.2) is 48.5 Å². The number of ether oxygens (including phenoxy) is 1. The number of nitrogens with one attached hydrogen (secondary N) is 1. The minimum absolute atomic E-state index is 0.0756. The van der Waals surface area contributed by atoms with E-state index in [-0.39, 0.29) is 5.91 Å². The molecule has 98 valence electrons. The van der Waals surface area contributed by atoms with E-state index >= 15 is 0 Å². The predicted octanol–water partition coefficient (Wildman–Crippen LogP) is 3.53. The van der Waals surface area contributed by atoms with Gasteiger partial charge in [-0.15, -0.1) is 0 Å². The summed E-state index contributed by atoms with van der Waals surface area (Å²) in [7, 11) is 0. The zero-order chi connectivity index (χ0) is 13.7. The minimum atomic E-state index is -0.0756. The van der Waals surface area contributed by atoms with Crippen LogP contribution in [0, 0.1) is 6.92 Å². The number of aryl methyl sites for hydroxylation is 1. The van der Waals surface area contributed by atoms with Gasteiger partial charge in [0, 0.05) is 12.6 Å². The monoisotopic (exact) mass is 255 g/mol. The van der Waals surface area contributed by atoms with Gasteiger partial charge in [0.25, 0.3) is 0 Å². The molecule has 1 amide bonds. The Morgan fingerprint density at radius 2 is 1.68 bits per heavy atom. The summed E-state index contributed by atoms with van der Waals surface area (Å²) in [6.45, 7) is 4.09. The van der Waals surface area contributed by atoms with Crippen molar-refractivity contribution in [3.63, 3.8) is 0 Å². The van der Waals surface area contributed by atoms with Crippen molar-refractivity contribution in [1.29, 1.82) is 0 Å². The summed E-state index contributed by atoms with van der Waals surface area (Å²) < 4.78 is 5.68. The van der Waals surface area contributed by atoms with E-state index < -0.39 is 0 Å². The molecular formula is C16H17NO2. The highest BCUT2D eigenvalue weighted by atomic mass is 16.5. The third kappa shape index (κ3) is 4.14. The van der Waals surface area contributed by atoms with Gasteiger partial charge in [0.15, 0.2) is 0 Å². The van der Waals surface area contributed by atoms with Crippen LogP contribution in [0.2, 0.25) is 0 Å². The first-order valence-corrected chi connectivity index (χ1v) is 6.19. The number of rotatable bonds is 4. The van der Waals surface area contributed by atoms with Gasteiger partial charge in [-0.3, -0.25) is 4.79 Å². The number of benzene rings is 2. The van der Waals surface area contributed by atoms with Crippen molar-refractivity contribution in [2.24, 2.45) is 0 Å². The van der Waals surface area contributed by atoms with Crippen LogP contribution in [-0.4, -0.2) is 5.91 Å². The van der Waals surface area contributed by atoms with E-state index in [0.29, 0.717) is 6.61 Å². The van der Waals surface area contributed by atoms with Crippen molar-refractivity contribution in [2.75, 3.05) is 5.32 Å². The maximum absolute atomic E-state index is 10.9. The molecule has 2 rings (SSSR count). The molecule has 19 heavy (non-hydrogen) atoms. The van der Waals surface area contributed by atoms with Gasteiger partial charge in [-0.1, -0.05) is 29.8 Å². The first-order chi connectivity index (χ1) is 9.13. The van der Waals surface area contributed by atoms with Crippen molar-refractivity contribution in [2.45, 2.75) is 20.5 Å². The molecule has 3 nitrogen and oxygen atoms in total. The number of hydrogen-bond donors (Lipinski definition) is 1. The lowest BCUT2D eigenvalue weighted by molar-refractivity contribution is -0.114. The molecule has 2 aromatic carbocycles. The Hall–Kier alpha value is -2.29. The molecule has 0 unspecified atom stereocenters. The second-order valence-electron chi connectivity index (χ2n) is 4.48. The number of carbonyl (C=O) groups excluding carboxylic acids is 1.